The number of carbonyl (C=O) groups excluding carboxylic acids is 1. The Labute approximate surface area is 203 Å². The van der Waals surface area contributed by atoms with E-state index in [1.165, 1.54) is 58.8 Å². The molecule has 0 spiro atoms. The number of hydrogen-bond acceptors (Lipinski definition) is 8. The average molecular weight is 503 g/mol. The average Bonchev–Trinajstić information content (AvgIpc) is 2.90. The molecule has 2 N–H and O–H groups in total. The van der Waals surface area contributed by atoms with Gasteiger partial charge in [-0.1, -0.05) is 30.3 Å². The van der Waals surface area contributed by atoms with Crippen LogP contribution < -0.4 is 28.7 Å². The van der Waals surface area contributed by atoms with Gasteiger partial charge in [-0.25, -0.2) is 13.9 Å². The molecule has 0 bridgehead atoms. The fraction of sp³-hybridized carbons (Fsp3) is 0.208. The van der Waals surface area contributed by atoms with Gasteiger partial charge in [-0.2, -0.15) is 0 Å². The fourth-order valence-electron chi connectivity index (χ4n) is 3.53. The summed E-state index contributed by atoms with van der Waals surface area (Å²) in [5, 5.41) is 9.42. The van der Waals surface area contributed by atoms with Crippen LogP contribution in [0, 0.1) is 0 Å². The van der Waals surface area contributed by atoms with E-state index in [0.717, 1.165) is 4.31 Å². The minimum absolute atomic E-state index is 0.0542. The number of ether oxygens (including phenoxy) is 4. The Morgan fingerprint density at radius 2 is 1.51 bits per heavy atom. The minimum Gasteiger partial charge on any atom is -0.497 e. The molecule has 11 heteroatoms. The summed E-state index contributed by atoms with van der Waals surface area (Å²) in [6.07, 6.45) is 0. The van der Waals surface area contributed by atoms with Crippen LogP contribution >= 0.6 is 0 Å². The Bertz CT molecular complexity index is 1280. The summed E-state index contributed by atoms with van der Waals surface area (Å²) < 4.78 is 50.4. The van der Waals surface area contributed by atoms with Gasteiger partial charge in [-0.15, -0.1) is 0 Å². The summed E-state index contributed by atoms with van der Waals surface area (Å²) in [5.74, 6) is -0.390. The monoisotopic (exact) mass is 502 g/mol. The van der Waals surface area contributed by atoms with E-state index >= 15 is 0 Å². The molecule has 0 aliphatic rings. The number of hydroxylamine groups is 1. The van der Waals surface area contributed by atoms with Gasteiger partial charge in [0.05, 0.1) is 45.4 Å². The Kier molecular flexibility index (Phi) is 8.05. The van der Waals surface area contributed by atoms with Crippen molar-refractivity contribution in [2.45, 2.75) is 11.4 Å². The second-order valence-electron chi connectivity index (χ2n) is 7.16. The van der Waals surface area contributed by atoms with Crippen molar-refractivity contribution >= 4 is 21.6 Å². The maximum Gasteiger partial charge on any atom is 0.277 e. The Balaban J connectivity index is 2.37. The Morgan fingerprint density at radius 3 is 2.03 bits per heavy atom. The van der Waals surface area contributed by atoms with Crippen LogP contribution in [0.25, 0.3) is 0 Å². The van der Waals surface area contributed by atoms with Crippen molar-refractivity contribution in [1.82, 2.24) is 5.48 Å². The molecule has 3 rings (SSSR count). The van der Waals surface area contributed by atoms with Crippen LogP contribution in [0.1, 0.15) is 15.9 Å². The number of benzene rings is 3. The molecular formula is C24H26N2O8S. The van der Waals surface area contributed by atoms with E-state index in [1.54, 1.807) is 35.8 Å². The summed E-state index contributed by atoms with van der Waals surface area (Å²) in [7, 11) is 1.21. The van der Waals surface area contributed by atoms with Crippen LogP contribution in [0.15, 0.2) is 65.6 Å². The van der Waals surface area contributed by atoms with Crippen LogP contribution in [-0.2, 0) is 16.6 Å². The van der Waals surface area contributed by atoms with Gasteiger partial charge in [0.1, 0.15) is 11.4 Å². The van der Waals surface area contributed by atoms with Crippen LogP contribution in [0.5, 0.6) is 23.0 Å². The molecule has 186 valence electrons. The number of hydrogen-bond donors (Lipinski definition) is 2. The van der Waals surface area contributed by atoms with Crippen molar-refractivity contribution in [2.24, 2.45) is 0 Å². The largest absolute Gasteiger partial charge is 0.497 e. The van der Waals surface area contributed by atoms with Crippen molar-refractivity contribution in [3.05, 3.63) is 71.8 Å². The highest BCUT2D eigenvalue weighted by atomic mass is 32.2. The second-order valence-corrected chi connectivity index (χ2v) is 9.02. The quantitative estimate of drug-likeness (QED) is 0.320. The number of nitrogens with one attached hydrogen (secondary N) is 1. The first-order valence-electron chi connectivity index (χ1n) is 10.3. The first-order valence-corrected chi connectivity index (χ1v) is 11.7. The Morgan fingerprint density at radius 1 is 0.886 bits per heavy atom. The van der Waals surface area contributed by atoms with Gasteiger partial charge in [0.2, 0.25) is 5.75 Å². The molecule has 0 unspecified atom stereocenters. The molecule has 10 nitrogen and oxygen atoms in total. The molecule has 0 fully saturated rings. The number of rotatable bonds is 10. The van der Waals surface area contributed by atoms with Gasteiger partial charge in [-0.3, -0.25) is 14.3 Å². The molecule has 0 aliphatic carbocycles. The first-order chi connectivity index (χ1) is 16.8. The number of methoxy groups -OCH3 is 4. The van der Waals surface area contributed by atoms with Gasteiger partial charge < -0.3 is 18.9 Å². The van der Waals surface area contributed by atoms with Crippen molar-refractivity contribution in [3.63, 3.8) is 0 Å². The van der Waals surface area contributed by atoms with Gasteiger partial charge in [0, 0.05) is 0 Å². The number of carbonyl (C=O) groups is 1. The fourth-order valence-corrected chi connectivity index (χ4v) is 5.01. The zero-order valence-electron chi connectivity index (χ0n) is 19.6. The van der Waals surface area contributed by atoms with Crippen molar-refractivity contribution < 1.29 is 37.4 Å². The van der Waals surface area contributed by atoms with E-state index in [9.17, 15) is 18.4 Å². The minimum atomic E-state index is -4.28. The van der Waals surface area contributed by atoms with E-state index in [1.807, 2.05) is 0 Å². The molecule has 3 aromatic rings. The molecular weight excluding hydrogens is 476 g/mol. The standard InChI is InChI=1S/C24H26N2O8S/c1-31-17-10-12-18(13-11-17)35(29,30)26(15-16-8-6-5-7-9-16)21-19(24(27)25-28)14-20(32-2)22(33-3)23(21)34-4/h5-14,28H,15H2,1-4H3,(H,25,27). The first kappa shape index (κ1) is 25.7. The Hall–Kier alpha value is -3.96. The third-order valence-electron chi connectivity index (χ3n) is 5.22. The van der Waals surface area contributed by atoms with E-state index < -0.39 is 15.9 Å². The van der Waals surface area contributed by atoms with Crippen LogP contribution in [-0.4, -0.2) is 48.0 Å². The van der Waals surface area contributed by atoms with Crippen molar-refractivity contribution in [3.8, 4) is 23.0 Å². The smallest absolute Gasteiger partial charge is 0.277 e. The van der Waals surface area contributed by atoms with Crippen molar-refractivity contribution in [2.75, 3.05) is 32.7 Å². The lowest BCUT2D eigenvalue weighted by Gasteiger charge is -2.29. The number of amides is 1. The molecule has 0 saturated carbocycles. The maximum atomic E-state index is 14.0. The van der Waals surface area contributed by atoms with E-state index in [2.05, 4.69) is 0 Å². The van der Waals surface area contributed by atoms with Gasteiger partial charge in [0.25, 0.3) is 15.9 Å². The zero-order valence-corrected chi connectivity index (χ0v) is 20.5. The lowest BCUT2D eigenvalue weighted by Crippen LogP contribution is -2.33. The lowest BCUT2D eigenvalue weighted by molar-refractivity contribution is 0.0706. The molecule has 0 aliphatic heterocycles. The highest BCUT2D eigenvalue weighted by Gasteiger charge is 2.35. The van der Waals surface area contributed by atoms with Crippen LogP contribution in [0.3, 0.4) is 0 Å². The highest BCUT2D eigenvalue weighted by molar-refractivity contribution is 7.92. The van der Waals surface area contributed by atoms with Crippen LogP contribution in [0.2, 0.25) is 0 Å². The van der Waals surface area contributed by atoms with Gasteiger partial charge in [-0.05, 0) is 35.9 Å². The second kappa shape index (κ2) is 11.0. The zero-order chi connectivity index (χ0) is 25.6. The molecule has 0 radical (unpaired) electrons. The molecule has 35 heavy (non-hydrogen) atoms. The predicted octanol–water partition coefficient (Wildman–Crippen LogP) is 3.24. The van der Waals surface area contributed by atoms with E-state index in [4.69, 9.17) is 18.9 Å². The molecule has 0 saturated heterocycles. The van der Waals surface area contributed by atoms with Crippen LogP contribution in [0.4, 0.5) is 5.69 Å². The third-order valence-corrected chi connectivity index (χ3v) is 6.98. The summed E-state index contributed by atoms with van der Waals surface area (Å²) >= 11 is 0. The number of nitrogens with zero attached hydrogens (tertiary/aromatic N) is 1. The summed E-state index contributed by atoms with van der Waals surface area (Å²) in [6.45, 7) is -0.160. The summed E-state index contributed by atoms with van der Waals surface area (Å²) in [6, 6.07) is 15.9. The topological polar surface area (TPSA) is 124 Å². The van der Waals surface area contributed by atoms with Gasteiger partial charge in [0.15, 0.2) is 11.5 Å². The lowest BCUT2D eigenvalue weighted by atomic mass is 10.1. The normalized spacial score (nSPS) is 10.9. The highest BCUT2D eigenvalue weighted by Crippen LogP contribution is 2.48. The van der Waals surface area contributed by atoms with Crippen molar-refractivity contribution in [1.29, 1.82) is 0 Å². The maximum absolute atomic E-state index is 14.0. The van der Waals surface area contributed by atoms with Gasteiger partial charge >= 0.3 is 0 Å². The molecule has 3 aromatic carbocycles. The molecule has 0 atom stereocenters. The number of anilines is 1. The molecule has 0 heterocycles. The summed E-state index contributed by atoms with van der Waals surface area (Å²) in [4.78, 5) is 12.7. The third kappa shape index (κ3) is 5.10. The SMILES string of the molecule is COc1ccc(S(=O)(=O)N(Cc2ccccc2)c2c(C(=O)NO)cc(OC)c(OC)c2OC)cc1. The predicted molar refractivity (Wildman–Crippen MR) is 128 cm³/mol. The molecule has 1 amide bonds. The van der Waals surface area contributed by atoms with E-state index in [-0.39, 0.29) is 39.9 Å². The molecule has 0 aromatic heterocycles. The number of sulfonamides is 1. The van der Waals surface area contributed by atoms with E-state index in [0.29, 0.717) is 11.3 Å². The summed E-state index contributed by atoms with van der Waals surface area (Å²) in [5.41, 5.74) is 1.84.